The standard InChI is InChI=1S/C25H27FN4O/c26-21-6-8-22(9-7-21)30-24(19-10-13-27-14-11-19)23(16-28-30)25(31)29-15-12-20(17-29)18-4-2-1-3-5-18/h1-9,16,19-20,27H,10-15,17H2/t20-/m0/s1. The van der Waals surface area contributed by atoms with Crippen LogP contribution in [0.3, 0.4) is 0 Å². The molecule has 1 amide bonds. The number of carbonyl (C=O) groups is 1. The number of hydrogen-bond donors (Lipinski definition) is 1. The number of aromatic nitrogens is 2. The van der Waals surface area contributed by atoms with E-state index in [0.29, 0.717) is 11.5 Å². The molecular weight excluding hydrogens is 391 g/mol. The lowest BCUT2D eigenvalue weighted by Gasteiger charge is -2.26. The van der Waals surface area contributed by atoms with Crippen LogP contribution in [0.4, 0.5) is 4.39 Å². The van der Waals surface area contributed by atoms with Crippen LogP contribution in [0.15, 0.2) is 60.8 Å². The number of benzene rings is 2. The van der Waals surface area contributed by atoms with Crippen molar-refractivity contribution in [2.45, 2.75) is 31.1 Å². The van der Waals surface area contributed by atoms with E-state index in [0.717, 1.165) is 56.8 Å². The molecule has 3 heterocycles. The van der Waals surface area contributed by atoms with E-state index in [2.05, 4.69) is 34.7 Å². The molecular formula is C25H27FN4O. The van der Waals surface area contributed by atoms with E-state index in [-0.39, 0.29) is 17.6 Å². The van der Waals surface area contributed by atoms with E-state index in [1.165, 1.54) is 17.7 Å². The van der Waals surface area contributed by atoms with Gasteiger partial charge in [-0.15, -0.1) is 0 Å². The van der Waals surface area contributed by atoms with Crippen LogP contribution in [0.1, 0.15) is 52.7 Å². The van der Waals surface area contributed by atoms with Crippen molar-refractivity contribution in [3.05, 3.63) is 83.4 Å². The first-order valence-electron chi connectivity index (χ1n) is 11.1. The Bertz CT molecular complexity index is 1040. The fourth-order valence-electron chi connectivity index (χ4n) is 4.91. The molecule has 2 aromatic carbocycles. The van der Waals surface area contributed by atoms with Crippen molar-refractivity contribution in [3.63, 3.8) is 0 Å². The summed E-state index contributed by atoms with van der Waals surface area (Å²) in [5.74, 6) is 0.403. The molecule has 2 saturated heterocycles. The van der Waals surface area contributed by atoms with Gasteiger partial charge in [-0.05, 0) is 62.2 Å². The Hall–Kier alpha value is -2.99. The number of halogens is 1. The Labute approximate surface area is 181 Å². The molecule has 6 heteroatoms. The molecule has 5 rings (SSSR count). The first-order valence-corrected chi connectivity index (χ1v) is 11.1. The minimum Gasteiger partial charge on any atom is -0.338 e. The monoisotopic (exact) mass is 418 g/mol. The van der Waals surface area contributed by atoms with Gasteiger partial charge in [-0.2, -0.15) is 5.10 Å². The van der Waals surface area contributed by atoms with Crippen molar-refractivity contribution in [2.24, 2.45) is 0 Å². The topological polar surface area (TPSA) is 50.2 Å². The van der Waals surface area contributed by atoms with Gasteiger partial charge in [0, 0.05) is 24.9 Å². The third kappa shape index (κ3) is 4.00. The molecule has 160 valence electrons. The molecule has 0 spiro atoms. The molecule has 2 aliphatic heterocycles. The quantitative estimate of drug-likeness (QED) is 0.694. The Morgan fingerprint density at radius 2 is 1.71 bits per heavy atom. The van der Waals surface area contributed by atoms with Gasteiger partial charge in [0.15, 0.2) is 0 Å². The number of carbonyl (C=O) groups excluding carboxylic acids is 1. The lowest BCUT2D eigenvalue weighted by molar-refractivity contribution is 0.0788. The molecule has 1 atom stereocenters. The average Bonchev–Trinajstić information content (AvgIpc) is 3.48. The summed E-state index contributed by atoms with van der Waals surface area (Å²) in [5, 5.41) is 7.98. The molecule has 31 heavy (non-hydrogen) atoms. The van der Waals surface area contributed by atoms with E-state index in [1.807, 2.05) is 15.6 Å². The molecule has 5 nitrogen and oxygen atoms in total. The first-order chi connectivity index (χ1) is 15.2. The van der Waals surface area contributed by atoms with Gasteiger partial charge in [-0.3, -0.25) is 4.79 Å². The van der Waals surface area contributed by atoms with E-state index in [1.54, 1.807) is 18.3 Å². The summed E-state index contributed by atoms with van der Waals surface area (Å²) in [6.45, 7) is 3.33. The average molecular weight is 419 g/mol. The number of nitrogens with one attached hydrogen (secondary N) is 1. The summed E-state index contributed by atoms with van der Waals surface area (Å²) in [4.78, 5) is 15.5. The van der Waals surface area contributed by atoms with Crippen molar-refractivity contribution >= 4 is 5.91 Å². The van der Waals surface area contributed by atoms with E-state index >= 15 is 0 Å². The summed E-state index contributed by atoms with van der Waals surface area (Å²) in [6.07, 6.45) is 4.60. The van der Waals surface area contributed by atoms with Gasteiger partial charge in [0.2, 0.25) is 0 Å². The normalized spacial score (nSPS) is 19.6. The predicted octanol–water partition coefficient (Wildman–Crippen LogP) is 4.11. The third-order valence-corrected chi connectivity index (χ3v) is 6.58. The van der Waals surface area contributed by atoms with Crippen LogP contribution < -0.4 is 5.32 Å². The number of piperidine rings is 1. The Morgan fingerprint density at radius 3 is 2.45 bits per heavy atom. The van der Waals surface area contributed by atoms with Gasteiger partial charge in [-0.1, -0.05) is 30.3 Å². The van der Waals surface area contributed by atoms with Crippen LogP contribution in [0.25, 0.3) is 5.69 Å². The van der Waals surface area contributed by atoms with Crippen LogP contribution in [0.5, 0.6) is 0 Å². The highest BCUT2D eigenvalue weighted by Gasteiger charge is 2.33. The smallest absolute Gasteiger partial charge is 0.257 e. The summed E-state index contributed by atoms with van der Waals surface area (Å²) < 4.78 is 15.3. The lowest BCUT2D eigenvalue weighted by atomic mass is 9.91. The van der Waals surface area contributed by atoms with Crippen LogP contribution >= 0.6 is 0 Å². The van der Waals surface area contributed by atoms with Crippen LogP contribution in [0.2, 0.25) is 0 Å². The maximum atomic E-state index is 13.6. The Balaban J connectivity index is 1.45. The number of nitrogens with zero attached hydrogens (tertiary/aromatic N) is 3. The molecule has 2 fully saturated rings. The summed E-state index contributed by atoms with van der Waals surface area (Å²) in [5.41, 5.74) is 3.72. The third-order valence-electron chi connectivity index (χ3n) is 6.58. The summed E-state index contributed by atoms with van der Waals surface area (Å²) in [6, 6.07) is 16.8. The Morgan fingerprint density at radius 1 is 0.968 bits per heavy atom. The van der Waals surface area contributed by atoms with Gasteiger partial charge in [0.05, 0.1) is 23.1 Å². The molecule has 1 aromatic heterocycles. The molecule has 0 radical (unpaired) electrons. The second kappa shape index (κ2) is 8.63. The van der Waals surface area contributed by atoms with E-state index in [4.69, 9.17) is 0 Å². The summed E-state index contributed by atoms with van der Waals surface area (Å²) >= 11 is 0. The van der Waals surface area contributed by atoms with E-state index in [9.17, 15) is 9.18 Å². The van der Waals surface area contributed by atoms with Crippen LogP contribution in [0, 0.1) is 5.82 Å². The molecule has 1 N–H and O–H groups in total. The van der Waals surface area contributed by atoms with E-state index < -0.39 is 0 Å². The molecule has 0 unspecified atom stereocenters. The van der Waals surface area contributed by atoms with Gasteiger partial charge in [0.25, 0.3) is 5.91 Å². The molecule has 0 aliphatic carbocycles. The van der Waals surface area contributed by atoms with Crippen LogP contribution in [-0.2, 0) is 0 Å². The Kier molecular flexibility index (Phi) is 5.55. The van der Waals surface area contributed by atoms with Gasteiger partial charge in [-0.25, -0.2) is 9.07 Å². The second-order valence-corrected chi connectivity index (χ2v) is 8.50. The fourth-order valence-corrected chi connectivity index (χ4v) is 4.91. The van der Waals surface area contributed by atoms with Gasteiger partial charge < -0.3 is 10.2 Å². The fraction of sp³-hybridized carbons (Fsp3) is 0.360. The maximum absolute atomic E-state index is 13.6. The maximum Gasteiger partial charge on any atom is 0.257 e. The summed E-state index contributed by atoms with van der Waals surface area (Å²) in [7, 11) is 0. The highest BCUT2D eigenvalue weighted by molar-refractivity contribution is 5.95. The highest BCUT2D eigenvalue weighted by Crippen LogP contribution is 2.33. The molecule has 3 aromatic rings. The first kappa shape index (κ1) is 19.9. The zero-order valence-electron chi connectivity index (χ0n) is 17.5. The minimum atomic E-state index is -0.278. The number of likely N-dealkylation sites (tertiary alicyclic amines) is 1. The van der Waals surface area contributed by atoms with Crippen molar-refractivity contribution in [1.82, 2.24) is 20.0 Å². The van der Waals surface area contributed by atoms with Crippen molar-refractivity contribution < 1.29 is 9.18 Å². The molecule has 0 saturated carbocycles. The largest absolute Gasteiger partial charge is 0.338 e. The van der Waals surface area contributed by atoms with Crippen molar-refractivity contribution in [2.75, 3.05) is 26.2 Å². The predicted molar refractivity (Wildman–Crippen MR) is 118 cm³/mol. The number of rotatable bonds is 4. The minimum absolute atomic E-state index is 0.0559. The lowest BCUT2D eigenvalue weighted by Crippen LogP contribution is -2.32. The number of amides is 1. The number of hydrogen-bond acceptors (Lipinski definition) is 3. The zero-order valence-corrected chi connectivity index (χ0v) is 17.5. The molecule has 0 bridgehead atoms. The molecule has 2 aliphatic rings. The highest BCUT2D eigenvalue weighted by atomic mass is 19.1. The second-order valence-electron chi connectivity index (χ2n) is 8.50. The van der Waals surface area contributed by atoms with Crippen molar-refractivity contribution in [1.29, 1.82) is 0 Å². The van der Waals surface area contributed by atoms with Gasteiger partial charge in [0.1, 0.15) is 5.82 Å². The van der Waals surface area contributed by atoms with Crippen molar-refractivity contribution in [3.8, 4) is 5.69 Å². The SMILES string of the molecule is O=C(c1cnn(-c2ccc(F)cc2)c1C1CCNCC1)N1CC[C@H](c2ccccc2)C1. The van der Waals surface area contributed by atoms with Gasteiger partial charge >= 0.3 is 0 Å². The van der Waals surface area contributed by atoms with Crippen LogP contribution in [-0.4, -0.2) is 46.8 Å². The zero-order chi connectivity index (χ0) is 21.2.